The van der Waals surface area contributed by atoms with Crippen molar-refractivity contribution in [3.63, 3.8) is 0 Å². The largest absolute Gasteiger partial charge is 0.493 e. The zero-order chi connectivity index (χ0) is 11.8. The first-order valence-electron chi connectivity index (χ1n) is 5.77. The smallest absolute Gasteiger partial charge is 0.119 e. The van der Waals surface area contributed by atoms with Crippen molar-refractivity contribution >= 4 is 0 Å². The molecule has 0 saturated heterocycles. The van der Waals surface area contributed by atoms with Gasteiger partial charge in [0.25, 0.3) is 0 Å². The summed E-state index contributed by atoms with van der Waals surface area (Å²) >= 11 is 0. The Kier molecular flexibility index (Phi) is 5.90. The van der Waals surface area contributed by atoms with E-state index in [1.165, 1.54) is 5.56 Å². The van der Waals surface area contributed by atoms with Gasteiger partial charge in [0.1, 0.15) is 5.75 Å². The molecule has 0 fully saturated rings. The molecule has 1 atom stereocenters. The minimum atomic E-state index is 0.106. The Hall–Kier alpha value is -1.06. The SMILES string of the molecule is CCOC(CN)CCOc1cccc(C)c1. The zero-order valence-electron chi connectivity index (χ0n) is 10.1. The van der Waals surface area contributed by atoms with E-state index in [1.54, 1.807) is 0 Å². The number of ether oxygens (including phenoxy) is 2. The van der Waals surface area contributed by atoms with Crippen molar-refractivity contribution in [1.29, 1.82) is 0 Å². The molecule has 0 amide bonds. The van der Waals surface area contributed by atoms with E-state index >= 15 is 0 Å². The molecule has 3 heteroatoms. The third-order valence-corrected chi connectivity index (χ3v) is 2.36. The number of hydrogen-bond acceptors (Lipinski definition) is 3. The maximum Gasteiger partial charge on any atom is 0.119 e. The average Bonchev–Trinajstić information content (AvgIpc) is 2.28. The highest BCUT2D eigenvalue weighted by molar-refractivity contribution is 5.27. The monoisotopic (exact) mass is 223 g/mol. The highest BCUT2D eigenvalue weighted by Gasteiger charge is 2.05. The summed E-state index contributed by atoms with van der Waals surface area (Å²) in [5.41, 5.74) is 6.79. The Bertz CT molecular complexity index is 302. The van der Waals surface area contributed by atoms with Gasteiger partial charge in [0.15, 0.2) is 0 Å². The lowest BCUT2D eigenvalue weighted by molar-refractivity contribution is 0.0527. The summed E-state index contributed by atoms with van der Waals surface area (Å²) in [5, 5.41) is 0. The van der Waals surface area contributed by atoms with Gasteiger partial charge in [0.2, 0.25) is 0 Å². The average molecular weight is 223 g/mol. The van der Waals surface area contributed by atoms with Crippen molar-refractivity contribution in [2.24, 2.45) is 5.73 Å². The Morgan fingerprint density at radius 3 is 2.81 bits per heavy atom. The Morgan fingerprint density at radius 2 is 2.19 bits per heavy atom. The molecule has 0 saturated carbocycles. The minimum Gasteiger partial charge on any atom is -0.493 e. The van der Waals surface area contributed by atoms with Crippen LogP contribution >= 0.6 is 0 Å². The molecule has 0 aromatic heterocycles. The van der Waals surface area contributed by atoms with Gasteiger partial charge in [-0.2, -0.15) is 0 Å². The molecular formula is C13H21NO2. The van der Waals surface area contributed by atoms with Crippen LogP contribution in [0.1, 0.15) is 18.9 Å². The van der Waals surface area contributed by atoms with Gasteiger partial charge in [-0.3, -0.25) is 0 Å². The van der Waals surface area contributed by atoms with Crippen LogP contribution in [0.5, 0.6) is 5.75 Å². The molecule has 0 heterocycles. The van der Waals surface area contributed by atoms with Crippen LogP contribution in [-0.4, -0.2) is 25.9 Å². The predicted octanol–water partition coefficient (Wildman–Crippen LogP) is 2.13. The van der Waals surface area contributed by atoms with Gasteiger partial charge in [0.05, 0.1) is 12.7 Å². The van der Waals surface area contributed by atoms with E-state index < -0.39 is 0 Å². The number of rotatable bonds is 7. The van der Waals surface area contributed by atoms with Crippen LogP contribution in [0.15, 0.2) is 24.3 Å². The van der Waals surface area contributed by atoms with Gasteiger partial charge in [-0.25, -0.2) is 0 Å². The Labute approximate surface area is 97.6 Å². The molecule has 1 aromatic carbocycles. The van der Waals surface area contributed by atoms with Crippen LogP contribution in [0, 0.1) is 6.92 Å². The molecule has 3 nitrogen and oxygen atoms in total. The van der Waals surface area contributed by atoms with Crippen molar-refractivity contribution in [2.45, 2.75) is 26.4 Å². The van der Waals surface area contributed by atoms with Gasteiger partial charge in [0, 0.05) is 19.6 Å². The summed E-state index contributed by atoms with van der Waals surface area (Å²) < 4.78 is 11.1. The molecule has 0 aliphatic carbocycles. The summed E-state index contributed by atoms with van der Waals surface area (Å²) in [6.45, 7) is 5.92. The second kappa shape index (κ2) is 7.25. The Morgan fingerprint density at radius 1 is 1.38 bits per heavy atom. The maximum atomic E-state index is 5.63. The fourth-order valence-corrected chi connectivity index (χ4v) is 1.52. The van der Waals surface area contributed by atoms with Gasteiger partial charge in [-0.1, -0.05) is 12.1 Å². The van der Waals surface area contributed by atoms with Crippen LogP contribution in [0.25, 0.3) is 0 Å². The van der Waals surface area contributed by atoms with Crippen LogP contribution in [0.4, 0.5) is 0 Å². The standard InChI is InChI=1S/C13H21NO2/c1-3-15-13(10-14)7-8-16-12-6-4-5-11(2)9-12/h4-6,9,13H,3,7-8,10,14H2,1-2H3. The first kappa shape index (κ1) is 13.0. The summed E-state index contributed by atoms with van der Waals surface area (Å²) in [7, 11) is 0. The lowest BCUT2D eigenvalue weighted by Gasteiger charge is -2.15. The number of hydrogen-bond donors (Lipinski definition) is 1. The normalized spacial score (nSPS) is 12.4. The summed E-state index contributed by atoms with van der Waals surface area (Å²) in [6, 6.07) is 8.03. The van der Waals surface area contributed by atoms with E-state index in [1.807, 2.05) is 25.1 Å². The lowest BCUT2D eigenvalue weighted by atomic mass is 10.2. The number of nitrogens with two attached hydrogens (primary N) is 1. The molecule has 0 aliphatic rings. The van der Waals surface area contributed by atoms with E-state index in [0.29, 0.717) is 19.8 Å². The lowest BCUT2D eigenvalue weighted by Crippen LogP contribution is -2.25. The van der Waals surface area contributed by atoms with Crippen LogP contribution in [0.3, 0.4) is 0 Å². The maximum absolute atomic E-state index is 5.63. The van der Waals surface area contributed by atoms with Crippen molar-refractivity contribution in [3.8, 4) is 5.75 Å². The minimum absolute atomic E-state index is 0.106. The van der Waals surface area contributed by atoms with E-state index in [4.69, 9.17) is 15.2 Å². The number of aryl methyl sites for hydroxylation is 1. The second-order valence-electron chi connectivity index (χ2n) is 3.77. The van der Waals surface area contributed by atoms with E-state index in [0.717, 1.165) is 12.2 Å². The summed E-state index contributed by atoms with van der Waals surface area (Å²) in [5.74, 6) is 0.910. The van der Waals surface area contributed by atoms with Crippen molar-refractivity contribution in [2.75, 3.05) is 19.8 Å². The quantitative estimate of drug-likeness (QED) is 0.770. The molecule has 2 N–H and O–H groups in total. The molecule has 1 aromatic rings. The molecule has 16 heavy (non-hydrogen) atoms. The van der Waals surface area contributed by atoms with Crippen LogP contribution in [-0.2, 0) is 4.74 Å². The molecule has 0 radical (unpaired) electrons. The van der Waals surface area contributed by atoms with E-state index in [2.05, 4.69) is 13.0 Å². The fourth-order valence-electron chi connectivity index (χ4n) is 1.52. The van der Waals surface area contributed by atoms with Crippen molar-refractivity contribution in [1.82, 2.24) is 0 Å². The Balaban J connectivity index is 2.29. The van der Waals surface area contributed by atoms with Gasteiger partial charge in [-0.05, 0) is 31.5 Å². The third kappa shape index (κ3) is 4.64. The summed E-state index contributed by atoms with van der Waals surface area (Å²) in [4.78, 5) is 0. The van der Waals surface area contributed by atoms with E-state index in [-0.39, 0.29) is 6.10 Å². The second-order valence-corrected chi connectivity index (χ2v) is 3.77. The molecule has 0 bridgehead atoms. The van der Waals surface area contributed by atoms with Crippen LogP contribution < -0.4 is 10.5 Å². The molecule has 90 valence electrons. The fraction of sp³-hybridized carbons (Fsp3) is 0.538. The van der Waals surface area contributed by atoms with E-state index in [9.17, 15) is 0 Å². The van der Waals surface area contributed by atoms with Crippen molar-refractivity contribution < 1.29 is 9.47 Å². The third-order valence-electron chi connectivity index (χ3n) is 2.36. The topological polar surface area (TPSA) is 44.5 Å². The zero-order valence-corrected chi connectivity index (χ0v) is 10.1. The first-order chi connectivity index (χ1) is 7.76. The molecular weight excluding hydrogens is 202 g/mol. The molecule has 1 rings (SSSR count). The molecule has 0 spiro atoms. The first-order valence-corrected chi connectivity index (χ1v) is 5.77. The predicted molar refractivity (Wildman–Crippen MR) is 65.8 cm³/mol. The van der Waals surface area contributed by atoms with Gasteiger partial charge in [-0.15, -0.1) is 0 Å². The van der Waals surface area contributed by atoms with Crippen LogP contribution in [0.2, 0.25) is 0 Å². The highest BCUT2D eigenvalue weighted by Crippen LogP contribution is 2.12. The van der Waals surface area contributed by atoms with Gasteiger partial charge >= 0.3 is 0 Å². The number of benzene rings is 1. The van der Waals surface area contributed by atoms with Gasteiger partial charge < -0.3 is 15.2 Å². The molecule has 1 unspecified atom stereocenters. The molecule has 0 aliphatic heterocycles. The summed E-state index contributed by atoms with van der Waals surface area (Å²) in [6.07, 6.45) is 0.938. The van der Waals surface area contributed by atoms with Crippen molar-refractivity contribution in [3.05, 3.63) is 29.8 Å². The highest BCUT2D eigenvalue weighted by atomic mass is 16.5.